The first-order valence-corrected chi connectivity index (χ1v) is 11.2. The number of piperidine rings is 1. The second-order valence-corrected chi connectivity index (χ2v) is 10.4. The van der Waals surface area contributed by atoms with Gasteiger partial charge in [-0.3, -0.25) is 4.79 Å². The van der Waals surface area contributed by atoms with E-state index in [9.17, 15) is 14.7 Å². The molecular formula is C26H33ClNO4-. The average molecular weight is 459 g/mol. The van der Waals surface area contributed by atoms with Crippen molar-refractivity contribution < 1.29 is 19.4 Å². The van der Waals surface area contributed by atoms with Crippen LogP contribution in [0.5, 0.6) is 5.75 Å². The van der Waals surface area contributed by atoms with Gasteiger partial charge in [0, 0.05) is 27.2 Å². The number of carboxylic acids is 1. The lowest BCUT2D eigenvalue weighted by Gasteiger charge is -2.42. The number of rotatable bonds is 5. The Morgan fingerprint density at radius 1 is 0.906 bits per heavy atom. The van der Waals surface area contributed by atoms with Gasteiger partial charge in [-0.15, -0.1) is 0 Å². The van der Waals surface area contributed by atoms with Crippen LogP contribution in [0.3, 0.4) is 0 Å². The minimum atomic E-state index is -1.44. The first kappa shape index (κ1) is 25.9. The minimum absolute atomic E-state index is 0.151. The van der Waals surface area contributed by atoms with Gasteiger partial charge in [0.25, 0.3) is 0 Å². The fourth-order valence-corrected chi connectivity index (χ4v) is 3.92. The number of aliphatic carboxylic acids is 1. The highest BCUT2D eigenvalue weighted by Gasteiger charge is 2.31. The Balaban J connectivity index is 0.000000303. The van der Waals surface area contributed by atoms with Crippen molar-refractivity contribution in [2.24, 2.45) is 0 Å². The molecule has 1 saturated heterocycles. The molecule has 1 aliphatic rings. The van der Waals surface area contributed by atoms with Crippen molar-refractivity contribution in [2.45, 2.75) is 77.5 Å². The normalized spacial score (nSPS) is 17.0. The molecule has 2 aromatic rings. The Morgan fingerprint density at radius 2 is 1.34 bits per heavy atom. The standard InChI is InChI=1S/C17H15ClO4.C9H19N/c1-17(2,16(20)21)22-14-9-5-12(6-10-14)15(19)11-3-7-13(18)8-4-11;1-8(2)6-5-7-9(3,4)10-8/h3-10H,1-2H3,(H,20,21);10H,5-7H2,1-4H3/p-1. The summed E-state index contributed by atoms with van der Waals surface area (Å²) >= 11 is 5.79. The molecule has 1 N–H and O–H groups in total. The van der Waals surface area contributed by atoms with Gasteiger partial charge >= 0.3 is 0 Å². The maximum absolute atomic E-state index is 12.3. The maximum atomic E-state index is 12.3. The average Bonchev–Trinajstić information content (AvgIpc) is 2.67. The number of ketones is 1. The van der Waals surface area contributed by atoms with E-state index in [2.05, 4.69) is 33.0 Å². The predicted octanol–water partition coefficient (Wildman–Crippen LogP) is 4.80. The first-order chi connectivity index (χ1) is 14.7. The third kappa shape index (κ3) is 7.64. The van der Waals surface area contributed by atoms with Crippen LogP contribution in [0.2, 0.25) is 5.02 Å². The molecule has 0 aromatic heterocycles. The van der Waals surface area contributed by atoms with Gasteiger partial charge in [-0.05, 0) is 109 Å². The molecule has 0 unspecified atom stereocenters. The second kappa shape index (κ2) is 10.1. The molecule has 5 nitrogen and oxygen atoms in total. The van der Waals surface area contributed by atoms with Crippen LogP contribution in [-0.2, 0) is 4.79 Å². The van der Waals surface area contributed by atoms with E-state index in [1.165, 1.54) is 33.1 Å². The number of hydrogen-bond donors (Lipinski definition) is 1. The van der Waals surface area contributed by atoms with Gasteiger partial charge in [-0.25, -0.2) is 0 Å². The SMILES string of the molecule is CC(C)(Oc1ccc(C(=O)c2ccc(Cl)cc2)cc1)C(=O)[O-].CC1(C)CCCC(C)(C)N1. The number of carboxylic acid groups (broad SMARTS) is 1. The van der Waals surface area contributed by atoms with Gasteiger partial charge in [0.2, 0.25) is 0 Å². The van der Waals surface area contributed by atoms with E-state index < -0.39 is 11.6 Å². The van der Waals surface area contributed by atoms with Crippen LogP contribution in [0.15, 0.2) is 48.5 Å². The molecule has 174 valence electrons. The van der Waals surface area contributed by atoms with Crippen LogP contribution in [0.4, 0.5) is 0 Å². The summed E-state index contributed by atoms with van der Waals surface area (Å²) in [4.78, 5) is 23.2. The van der Waals surface area contributed by atoms with E-state index in [0.29, 0.717) is 33.0 Å². The van der Waals surface area contributed by atoms with Gasteiger partial charge in [-0.1, -0.05) is 11.6 Å². The van der Waals surface area contributed by atoms with Gasteiger partial charge in [0.15, 0.2) is 5.78 Å². The quantitative estimate of drug-likeness (QED) is 0.651. The molecule has 2 aromatic carbocycles. The van der Waals surface area contributed by atoms with Crippen LogP contribution >= 0.6 is 11.6 Å². The number of benzene rings is 2. The van der Waals surface area contributed by atoms with Crippen molar-refractivity contribution in [3.8, 4) is 5.75 Å². The largest absolute Gasteiger partial charge is 0.546 e. The zero-order valence-electron chi connectivity index (χ0n) is 19.8. The van der Waals surface area contributed by atoms with Crippen molar-refractivity contribution in [3.63, 3.8) is 0 Å². The van der Waals surface area contributed by atoms with Crippen molar-refractivity contribution in [1.29, 1.82) is 0 Å². The highest BCUT2D eigenvalue weighted by molar-refractivity contribution is 6.30. The Labute approximate surface area is 196 Å². The van der Waals surface area contributed by atoms with Gasteiger partial charge in [0.1, 0.15) is 11.4 Å². The van der Waals surface area contributed by atoms with Crippen LogP contribution in [0.1, 0.15) is 76.7 Å². The molecule has 1 fully saturated rings. The molecule has 1 heterocycles. The predicted molar refractivity (Wildman–Crippen MR) is 126 cm³/mol. The molecule has 0 spiro atoms. The van der Waals surface area contributed by atoms with E-state index in [1.54, 1.807) is 48.5 Å². The van der Waals surface area contributed by atoms with Crippen LogP contribution < -0.4 is 15.2 Å². The monoisotopic (exact) mass is 458 g/mol. The molecular weight excluding hydrogens is 426 g/mol. The van der Waals surface area contributed by atoms with Gasteiger partial charge < -0.3 is 20.0 Å². The summed E-state index contributed by atoms with van der Waals surface area (Å²) in [6, 6.07) is 12.9. The number of halogens is 1. The van der Waals surface area contributed by atoms with E-state index >= 15 is 0 Å². The lowest BCUT2D eigenvalue weighted by molar-refractivity contribution is -0.320. The highest BCUT2D eigenvalue weighted by atomic mass is 35.5. The molecule has 3 rings (SSSR count). The lowest BCUT2D eigenvalue weighted by atomic mass is 9.83. The molecule has 32 heavy (non-hydrogen) atoms. The zero-order chi connectivity index (χ0) is 24.2. The van der Waals surface area contributed by atoms with E-state index in [1.807, 2.05) is 0 Å². The minimum Gasteiger partial charge on any atom is -0.546 e. The van der Waals surface area contributed by atoms with E-state index in [0.717, 1.165) is 0 Å². The molecule has 0 bridgehead atoms. The Hall–Kier alpha value is -2.37. The fourth-order valence-electron chi connectivity index (χ4n) is 3.79. The summed E-state index contributed by atoms with van der Waals surface area (Å²) in [6.07, 6.45) is 4.00. The van der Waals surface area contributed by atoms with Crippen LogP contribution in [0, 0.1) is 0 Å². The Kier molecular flexibility index (Phi) is 8.13. The Bertz CT molecular complexity index is 917. The number of ether oxygens (including phenoxy) is 1. The fraction of sp³-hybridized carbons (Fsp3) is 0.462. The summed E-state index contributed by atoms with van der Waals surface area (Å²) in [5, 5.41) is 15.1. The van der Waals surface area contributed by atoms with E-state index in [-0.39, 0.29) is 5.78 Å². The van der Waals surface area contributed by atoms with Crippen molar-refractivity contribution >= 4 is 23.4 Å². The molecule has 0 amide bonds. The number of nitrogens with one attached hydrogen (secondary N) is 1. The number of carbonyl (C=O) groups excluding carboxylic acids is 2. The van der Waals surface area contributed by atoms with Gasteiger partial charge in [-0.2, -0.15) is 0 Å². The summed E-state index contributed by atoms with van der Waals surface area (Å²) in [6.45, 7) is 11.9. The molecule has 0 saturated carbocycles. The van der Waals surface area contributed by atoms with Crippen molar-refractivity contribution in [2.75, 3.05) is 0 Å². The topological polar surface area (TPSA) is 78.5 Å². The third-order valence-electron chi connectivity index (χ3n) is 5.37. The zero-order valence-corrected chi connectivity index (χ0v) is 20.5. The summed E-state index contributed by atoms with van der Waals surface area (Å²) in [7, 11) is 0. The lowest BCUT2D eigenvalue weighted by Crippen LogP contribution is -2.55. The molecule has 0 radical (unpaired) electrons. The maximum Gasteiger partial charge on any atom is 0.193 e. The van der Waals surface area contributed by atoms with Crippen LogP contribution in [0.25, 0.3) is 0 Å². The number of hydrogen-bond acceptors (Lipinski definition) is 5. The highest BCUT2D eigenvalue weighted by Crippen LogP contribution is 2.27. The van der Waals surface area contributed by atoms with Crippen molar-refractivity contribution in [1.82, 2.24) is 5.32 Å². The first-order valence-electron chi connectivity index (χ1n) is 10.8. The summed E-state index contributed by atoms with van der Waals surface area (Å²) < 4.78 is 5.33. The molecule has 1 aliphatic heterocycles. The molecule has 0 atom stereocenters. The summed E-state index contributed by atoms with van der Waals surface area (Å²) in [5.74, 6) is -1.11. The Morgan fingerprint density at radius 3 is 1.72 bits per heavy atom. The second-order valence-electron chi connectivity index (χ2n) is 10.0. The van der Waals surface area contributed by atoms with Crippen LogP contribution in [-0.4, -0.2) is 28.4 Å². The molecule has 0 aliphatic carbocycles. The smallest absolute Gasteiger partial charge is 0.193 e. The molecule has 6 heteroatoms. The third-order valence-corrected chi connectivity index (χ3v) is 5.62. The van der Waals surface area contributed by atoms with Crippen molar-refractivity contribution in [3.05, 3.63) is 64.7 Å². The number of carbonyl (C=O) groups is 2. The van der Waals surface area contributed by atoms with E-state index in [4.69, 9.17) is 16.3 Å². The summed E-state index contributed by atoms with van der Waals surface area (Å²) in [5.41, 5.74) is 0.277. The van der Waals surface area contributed by atoms with Gasteiger partial charge in [0.05, 0.1) is 5.97 Å².